The van der Waals surface area contributed by atoms with E-state index in [1.54, 1.807) is 0 Å². The van der Waals surface area contributed by atoms with Crippen molar-refractivity contribution in [3.63, 3.8) is 0 Å². The van der Waals surface area contributed by atoms with Crippen molar-refractivity contribution in [2.24, 2.45) is 5.92 Å². The third-order valence-corrected chi connectivity index (χ3v) is 3.93. The van der Waals surface area contributed by atoms with Crippen molar-refractivity contribution in [1.29, 1.82) is 0 Å². The Labute approximate surface area is 124 Å². The van der Waals surface area contributed by atoms with Crippen molar-refractivity contribution >= 4 is 27.5 Å². The van der Waals surface area contributed by atoms with Crippen molar-refractivity contribution < 1.29 is 4.79 Å². The van der Waals surface area contributed by atoms with E-state index in [0.29, 0.717) is 4.83 Å². The van der Waals surface area contributed by atoms with E-state index in [9.17, 15) is 4.79 Å². The molecular weight excluding hydrogens is 302 g/mol. The highest BCUT2D eigenvalue weighted by Gasteiger charge is 2.31. The van der Waals surface area contributed by atoms with Crippen LogP contribution in [0.1, 0.15) is 38.8 Å². The van der Waals surface area contributed by atoms with Crippen LogP contribution < -0.4 is 4.90 Å². The van der Waals surface area contributed by atoms with Gasteiger partial charge in [-0.05, 0) is 37.0 Å². The zero-order chi connectivity index (χ0) is 14.2. The van der Waals surface area contributed by atoms with Crippen LogP contribution in [0.5, 0.6) is 0 Å². The molecule has 2 atom stereocenters. The maximum absolute atomic E-state index is 12.3. The fourth-order valence-electron chi connectivity index (χ4n) is 2.75. The average molecular weight is 324 g/mol. The second kappa shape index (κ2) is 5.66. The lowest BCUT2D eigenvalue weighted by Gasteiger charge is -2.24. The molecule has 0 aromatic heterocycles. The summed E-state index contributed by atoms with van der Waals surface area (Å²) in [6.07, 6.45) is 2.00. The highest BCUT2D eigenvalue weighted by molar-refractivity contribution is 9.09. The number of carbonyl (C=O) groups is 1. The van der Waals surface area contributed by atoms with Crippen LogP contribution in [0.2, 0.25) is 0 Å². The molecule has 0 aliphatic carbocycles. The van der Waals surface area contributed by atoms with Crippen LogP contribution in [0.15, 0.2) is 18.2 Å². The smallest absolute Gasteiger partial charge is 0.229 e. The summed E-state index contributed by atoms with van der Waals surface area (Å²) in [4.78, 5) is 14.8. The first-order valence-corrected chi connectivity index (χ1v) is 7.90. The van der Waals surface area contributed by atoms with Crippen molar-refractivity contribution in [3.05, 3.63) is 29.3 Å². The Bertz CT molecular complexity index is 482. The fourth-order valence-corrected chi connectivity index (χ4v) is 3.12. The van der Waals surface area contributed by atoms with E-state index in [0.717, 1.165) is 18.5 Å². The van der Waals surface area contributed by atoms with Crippen LogP contribution in [0, 0.1) is 5.92 Å². The second-order valence-electron chi connectivity index (χ2n) is 5.86. The van der Waals surface area contributed by atoms with Crippen LogP contribution in [0.4, 0.5) is 5.69 Å². The summed E-state index contributed by atoms with van der Waals surface area (Å²) in [5, 5.41) is 0. The molecule has 1 aromatic rings. The van der Waals surface area contributed by atoms with Gasteiger partial charge in [0, 0.05) is 22.5 Å². The number of fused-ring (bicyclic) bond motifs is 1. The minimum absolute atomic E-state index is 0.0515. The lowest BCUT2D eigenvalue weighted by Crippen LogP contribution is -2.38. The molecule has 1 aliphatic heterocycles. The minimum atomic E-state index is 0.0515. The van der Waals surface area contributed by atoms with Crippen molar-refractivity contribution in [3.8, 4) is 0 Å². The van der Waals surface area contributed by atoms with Gasteiger partial charge in [0.15, 0.2) is 0 Å². The van der Waals surface area contributed by atoms with Crippen LogP contribution in [0.25, 0.3) is 0 Å². The van der Waals surface area contributed by atoms with Crippen LogP contribution >= 0.6 is 15.9 Å². The summed E-state index contributed by atoms with van der Waals surface area (Å²) >= 11 is 3.59. The van der Waals surface area contributed by atoms with Gasteiger partial charge in [-0.1, -0.05) is 48.8 Å². The molecule has 1 aliphatic rings. The lowest BCUT2D eigenvalue weighted by atomic mass is 10.0. The molecule has 1 amide bonds. The van der Waals surface area contributed by atoms with Gasteiger partial charge in [0.2, 0.25) is 5.91 Å². The van der Waals surface area contributed by atoms with Crippen LogP contribution in [0.3, 0.4) is 0 Å². The Hall–Kier alpha value is -0.830. The molecule has 0 radical (unpaired) electrons. The van der Waals surface area contributed by atoms with E-state index >= 15 is 0 Å². The number of carbonyl (C=O) groups excluding carboxylic acids is 1. The maximum Gasteiger partial charge on any atom is 0.229 e. The van der Waals surface area contributed by atoms with Gasteiger partial charge in [-0.25, -0.2) is 0 Å². The molecule has 104 valence electrons. The number of anilines is 1. The van der Waals surface area contributed by atoms with E-state index in [2.05, 4.69) is 48.0 Å². The number of hydrogen-bond acceptors (Lipinski definition) is 1. The predicted molar refractivity (Wildman–Crippen MR) is 84.0 cm³/mol. The first-order valence-electron chi connectivity index (χ1n) is 6.99. The van der Waals surface area contributed by atoms with Gasteiger partial charge >= 0.3 is 0 Å². The monoisotopic (exact) mass is 323 g/mol. The van der Waals surface area contributed by atoms with E-state index in [4.69, 9.17) is 0 Å². The Morgan fingerprint density at radius 2 is 2.11 bits per heavy atom. The number of amides is 1. The van der Waals surface area contributed by atoms with Gasteiger partial charge in [-0.2, -0.15) is 0 Å². The fraction of sp³-hybridized carbons (Fsp3) is 0.562. The molecule has 0 N–H and O–H groups in total. The summed E-state index contributed by atoms with van der Waals surface area (Å²) in [6.45, 7) is 8.22. The summed E-state index contributed by atoms with van der Waals surface area (Å²) in [6, 6.07) is 6.80. The quantitative estimate of drug-likeness (QED) is 0.771. The molecule has 2 nitrogen and oxygen atoms in total. The highest BCUT2D eigenvalue weighted by Crippen LogP contribution is 2.34. The van der Waals surface area contributed by atoms with Gasteiger partial charge in [0.1, 0.15) is 0 Å². The Balaban J connectivity index is 2.30. The van der Waals surface area contributed by atoms with E-state index in [-0.39, 0.29) is 17.9 Å². The zero-order valence-corrected chi connectivity index (χ0v) is 13.7. The van der Waals surface area contributed by atoms with E-state index in [1.807, 2.05) is 18.7 Å². The molecule has 1 aromatic carbocycles. The van der Waals surface area contributed by atoms with Gasteiger partial charge < -0.3 is 4.90 Å². The zero-order valence-electron chi connectivity index (χ0n) is 12.1. The summed E-state index contributed by atoms with van der Waals surface area (Å²) in [5.74, 6) is 0.281. The van der Waals surface area contributed by atoms with Gasteiger partial charge in [-0.15, -0.1) is 0 Å². The van der Waals surface area contributed by atoms with Gasteiger partial charge in [0.05, 0.1) is 0 Å². The van der Waals surface area contributed by atoms with Crippen LogP contribution in [-0.2, 0) is 17.6 Å². The molecule has 0 fully saturated rings. The topological polar surface area (TPSA) is 20.3 Å². The molecule has 3 heteroatoms. The highest BCUT2D eigenvalue weighted by atomic mass is 79.9. The van der Waals surface area contributed by atoms with Crippen molar-refractivity contribution in [1.82, 2.24) is 0 Å². The predicted octanol–water partition coefficient (Wildman–Crippen LogP) is 3.95. The Morgan fingerprint density at radius 3 is 2.68 bits per heavy atom. The van der Waals surface area contributed by atoms with E-state index in [1.165, 1.54) is 11.1 Å². The summed E-state index contributed by atoms with van der Waals surface area (Å²) < 4.78 is 0. The molecule has 19 heavy (non-hydrogen) atoms. The molecule has 0 spiro atoms. The summed E-state index contributed by atoms with van der Waals surface area (Å²) in [7, 11) is 0. The van der Waals surface area contributed by atoms with Crippen molar-refractivity contribution in [2.45, 2.75) is 51.4 Å². The number of rotatable bonds is 3. The number of alkyl halides is 1. The van der Waals surface area contributed by atoms with E-state index < -0.39 is 0 Å². The number of benzene rings is 1. The molecule has 0 bridgehead atoms. The Kier molecular flexibility index (Phi) is 4.34. The molecule has 2 rings (SSSR count). The minimum Gasteiger partial charge on any atom is -0.309 e. The first kappa shape index (κ1) is 14.6. The third kappa shape index (κ3) is 3.02. The molecule has 1 heterocycles. The molecule has 2 unspecified atom stereocenters. The third-order valence-electron chi connectivity index (χ3n) is 3.61. The number of nitrogens with zero attached hydrogens (tertiary/aromatic N) is 1. The second-order valence-corrected chi connectivity index (χ2v) is 7.43. The molecular formula is C16H22BrNO. The molecule has 0 saturated carbocycles. The normalized spacial score (nSPS) is 19.7. The van der Waals surface area contributed by atoms with Gasteiger partial charge in [0.25, 0.3) is 0 Å². The average Bonchev–Trinajstić information content (AvgIpc) is 2.62. The first-order chi connectivity index (χ1) is 8.90. The van der Waals surface area contributed by atoms with Crippen molar-refractivity contribution in [2.75, 3.05) is 4.90 Å². The lowest BCUT2D eigenvalue weighted by molar-refractivity contribution is -0.121. The number of hydrogen-bond donors (Lipinski definition) is 0. The maximum atomic E-state index is 12.3. The Morgan fingerprint density at radius 1 is 1.42 bits per heavy atom. The summed E-state index contributed by atoms with van der Waals surface area (Å²) in [5.41, 5.74) is 3.76. The number of halogens is 1. The van der Waals surface area contributed by atoms with Gasteiger partial charge in [-0.3, -0.25) is 4.79 Å². The largest absolute Gasteiger partial charge is 0.309 e. The standard InChI is InChI=1S/C16H22BrNO/c1-10(2)16(19)18-12(4)8-14-9-13(7-11(3)17)5-6-15(14)18/h5-6,9-12H,7-8H2,1-4H3. The van der Waals surface area contributed by atoms with Crippen LogP contribution in [-0.4, -0.2) is 16.8 Å². The molecule has 0 saturated heterocycles. The SMILES string of the molecule is CC(Br)Cc1ccc2c(c1)CC(C)N2C(=O)C(C)C.